The number of likely N-dealkylation sites (tertiary alicyclic amines) is 1. The molecule has 0 saturated carbocycles. The predicted molar refractivity (Wildman–Crippen MR) is 142 cm³/mol. The maximum Gasteiger partial charge on any atom is 0.416 e. The normalized spacial score (nSPS) is 21.5. The summed E-state index contributed by atoms with van der Waals surface area (Å²) in [4.78, 5) is 29.0. The van der Waals surface area contributed by atoms with Crippen molar-refractivity contribution in [2.24, 2.45) is 0 Å². The standard InChI is InChI=1S/C29H40F3N5O/c1-19-18-36(16-17-37(19)27(5,6)23-8-10-24(11-9-23)29(30,31)32)28(7)12-14-35(15-13-28)26(38)25-20(2)33-22(4)34-21(25)3/h8-11,19H,12-18H2,1-7H3/t19-/m0/s1. The Labute approximate surface area is 224 Å². The van der Waals surface area contributed by atoms with Gasteiger partial charge in [-0.25, -0.2) is 9.97 Å². The summed E-state index contributed by atoms with van der Waals surface area (Å²) in [6.45, 7) is 18.2. The topological polar surface area (TPSA) is 52.6 Å². The molecule has 1 atom stereocenters. The molecular weight excluding hydrogens is 491 g/mol. The van der Waals surface area contributed by atoms with Gasteiger partial charge in [0, 0.05) is 49.8 Å². The van der Waals surface area contributed by atoms with Gasteiger partial charge < -0.3 is 4.90 Å². The van der Waals surface area contributed by atoms with E-state index < -0.39 is 17.3 Å². The average Bonchev–Trinajstić information content (AvgIpc) is 2.83. The molecule has 2 saturated heterocycles. The molecule has 1 amide bonds. The number of carbonyl (C=O) groups excluding carboxylic acids is 1. The maximum atomic E-state index is 13.3. The molecule has 3 heterocycles. The molecule has 4 rings (SSSR count). The van der Waals surface area contributed by atoms with Crippen molar-refractivity contribution >= 4 is 5.91 Å². The van der Waals surface area contributed by atoms with E-state index in [1.54, 1.807) is 12.1 Å². The highest BCUT2D eigenvalue weighted by atomic mass is 19.4. The number of nitrogens with zero attached hydrogens (tertiary/aromatic N) is 5. The molecule has 2 aliphatic rings. The van der Waals surface area contributed by atoms with Gasteiger partial charge in [-0.1, -0.05) is 12.1 Å². The molecule has 0 aliphatic carbocycles. The SMILES string of the molecule is Cc1nc(C)c(C(=O)N2CCC(C)(N3CCN(C(C)(C)c4ccc(C(F)(F)F)cc4)[C@@H](C)C3)CC2)c(C)n1. The summed E-state index contributed by atoms with van der Waals surface area (Å²) in [6, 6.07) is 5.81. The number of rotatable bonds is 4. The first-order chi connectivity index (χ1) is 17.6. The number of piperidine rings is 1. The highest BCUT2D eigenvalue weighted by Gasteiger charge is 2.43. The number of piperazine rings is 1. The van der Waals surface area contributed by atoms with Crippen molar-refractivity contribution < 1.29 is 18.0 Å². The van der Waals surface area contributed by atoms with Crippen LogP contribution in [0.2, 0.25) is 0 Å². The van der Waals surface area contributed by atoms with E-state index in [0.29, 0.717) is 24.5 Å². The number of amides is 1. The molecule has 0 bridgehead atoms. The number of hydrogen-bond acceptors (Lipinski definition) is 5. The lowest BCUT2D eigenvalue weighted by Gasteiger charge is -2.54. The number of alkyl halides is 3. The molecule has 0 unspecified atom stereocenters. The maximum absolute atomic E-state index is 13.3. The lowest BCUT2D eigenvalue weighted by atomic mass is 9.84. The summed E-state index contributed by atoms with van der Waals surface area (Å²) in [5.41, 5.74) is 1.94. The smallest absolute Gasteiger partial charge is 0.338 e. The third-order valence-corrected chi connectivity index (χ3v) is 8.75. The Morgan fingerprint density at radius 1 is 0.921 bits per heavy atom. The van der Waals surface area contributed by atoms with E-state index in [1.165, 1.54) is 12.1 Å². The third kappa shape index (κ3) is 5.45. The number of halogens is 3. The van der Waals surface area contributed by atoms with Crippen molar-refractivity contribution in [3.8, 4) is 0 Å². The van der Waals surface area contributed by atoms with Crippen LogP contribution in [0.3, 0.4) is 0 Å². The molecule has 0 spiro atoms. The van der Waals surface area contributed by atoms with Gasteiger partial charge in [0.1, 0.15) is 5.82 Å². The number of carbonyl (C=O) groups is 1. The molecule has 38 heavy (non-hydrogen) atoms. The summed E-state index contributed by atoms with van der Waals surface area (Å²) >= 11 is 0. The van der Waals surface area contributed by atoms with E-state index in [1.807, 2.05) is 25.7 Å². The molecule has 1 aromatic heterocycles. The molecule has 6 nitrogen and oxygen atoms in total. The Balaban J connectivity index is 1.40. The van der Waals surface area contributed by atoms with E-state index in [9.17, 15) is 18.0 Å². The molecule has 2 aromatic rings. The Morgan fingerprint density at radius 3 is 1.95 bits per heavy atom. The zero-order valence-corrected chi connectivity index (χ0v) is 23.6. The minimum Gasteiger partial charge on any atom is -0.338 e. The van der Waals surface area contributed by atoms with E-state index in [-0.39, 0.29) is 17.5 Å². The van der Waals surface area contributed by atoms with E-state index in [4.69, 9.17) is 0 Å². The Hall–Kier alpha value is -2.52. The van der Waals surface area contributed by atoms with Crippen LogP contribution in [0.1, 0.15) is 79.2 Å². The molecule has 0 N–H and O–H groups in total. The Kier molecular flexibility index (Phi) is 7.67. The first-order valence-corrected chi connectivity index (χ1v) is 13.4. The van der Waals surface area contributed by atoms with Crippen LogP contribution in [-0.4, -0.2) is 74.9 Å². The molecular formula is C29H40F3N5O. The van der Waals surface area contributed by atoms with Gasteiger partial charge in [0.25, 0.3) is 5.91 Å². The molecule has 1 aromatic carbocycles. The van der Waals surface area contributed by atoms with Crippen molar-refractivity contribution in [1.82, 2.24) is 24.7 Å². The van der Waals surface area contributed by atoms with Gasteiger partial charge in [-0.2, -0.15) is 13.2 Å². The summed E-state index contributed by atoms with van der Waals surface area (Å²) in [5.74, 6) is 0.691. The second-order valence-corrected chi connectivity index (χ2v) is 11.7. The largest absolute Gasteiger partial charge is 0.416 e. The number of benzene rings is 1. The molecule has 2 fully saturated rings. The van der Waals surface area contributed by atoms with Crippen molar-refractivity contribution in [2.75, 3.05) is 32.7 Å². The summed E-state index contributed by atoms with van der Waals surface area (Å²) in [5, 5.41) is 0. The van der Waals surface area contributed by atoms with E-state index in [0.717, 1.165) is 49.4 Å². The van der Waals surface area contributed by atoms with Crippen LogP contribution in [0.4, 0.5) is 13.2 Å². The zero-order chi connectivity index (χ0) is 28.0. The second kappa shape index (κ2) is 10.2. The fourth-order valence-corrected chi connectivity index (χ4v) is 6.37. The molecule has 2 aliphatic heterocycles. The van der Waals surface area contributed by atoms with Crippen LogP contribution in [-0.2, 0) is 11.7 Å². The predicted octanol–water partition coefficient (Wildman–Crippen LogP) is 5.36. The lowest BCUT2D eigenvalue weighted by Crippen LogP contribution is -2.64. The summed E-state index contributed by atoms with van der Waals surface area (Å²) < 4.78 is 39.2. The van der Waals surface area contributed by atoms with Crippen LogP contribution in [0.5, 0.6) is 0 Å². The van der Waals surface area contributed by atoms with Crippen molar-refractivity contribution in [3.63, 3.8) is 0 Å². The minimum atomic E-state index is -4.33. The quantitative estimate of drug-likeness (QED) is 0.532. The molecule has 208 valence electrons. The monoisotopic (exact) mass is 531 g/mol. The van der Waals surface area contributed by atoms with Gasteiger partial charge in [-0.3, -0.25) is 14.6 Å². The van der Waals surface area contributed by atoms with Crippen LogP contribution in [0.15, 0.2) is 24.3 Å². The Morgan fingerprint density at radius 2 is 1.45 bits per heavy atom. The molecule has 9 heteroatoms. The third-order valence-electron chi connectivity index (χ3n) is 8.75. The van der Waals surface area contributed by atoms with Gasteiger partial charge in [0.05, 0.1) is 22.5 Å². The fourth-order valence-electron chi connectivity index (χ4n) is 6.37. The van der Waals surface area contributed by atoms with Crippen LogP contribution < -0.4 is 0 Å². The van der Waals surface area contributed by atoms with Gasteiger partial charge >= 0.3 is 6.18 Å². The summed E-state index contributed by atoms with van der Waals surface area (Å²) in [6.07, 6.45) is -2.56. The Bertz CT molecular complexity index is 1150. The number of hydrogen-bond donors (Lipinski definition) is 0. The first-order valence-electron chi connectivity index (χ1n) is 13.4. The fraction of sp³-hybridized carbons (Fsp3) is 0.621. The van der Waals surface area contributed by atoms with Gasteiger partial charge in [0.2, 0.25) is 0 Å². The van der Waals surface area contributed by atoms with Crippen LogP contribution in [0.25, 0.3) is 0 Å². The van der Waals surface area contributed by atoms with Crippen LogP contribution in [0, 0.1) is 20.8 Å². The van der Waals surface area contributed by atoms with Crippen LogP contribution >= 0.6 is 0 Å². The second-order valence-electron chi connectivity index (χ2n) is 11.7. The summed E-state index contributed by atoms with van der Waals surface area (Å²) in [7, 11) is 0. The zero-order valence-electron chi connectivity index (χ0n) is 23.6. The highest BCUT2D eigenvalue weighted by Crippen LogP contribution is 2.37. The highest BCUT2D eigenvalue weighted by molar-refractivity contribution is 5.96. The lowest BCUT2D eigenvalue weighted by molar-refractivity contribution is -0.137. The van der Waals surface area contributed by atoms with Gasteiger partial charge in [-0.05, 0) is 79.0 Å². The molecule has 0 radical (unpaired) electrons. The minimum absolute atomic E-state index is 0.0104. The number of aromatic nitrogens is 2. The number of aryl methyl sites for hydroxylation is 3. The van der Waals surface area contributed by atoms with Crippen molar-refractivity contribution in [1.29, 1.82) is 0 Å². The first kappa shape index (κ1) is 28.5. The van der Waals surface area contributed by atoms with Gasteiger partial charge in [-0.15, -0.1) is 0 Å². The van der Waals surface area contributed by atoms with Crippen molar-refractivity contribution in [2.45, 2.75) is 84.6 Å². The van der Waals surface area contributed by atoms with E-state index >= 15 is 0 Å². The average molecular weight is 532 g/mol. The van der Waals surface area contributed by atoms with Crippen molar-refractivity contribution in [3.05, 3.63) is 58.2 Å². The van der Waals surface area contributed by atoms with E-state index in [2.05, 4.69) is 47.5 Å². The van der Waals surface area contributed by atoms with Gasteiger partial charge in [0.15, 0.2) is 0 Å².